The third-order valence-electron chi connectivity index (χ3n) is 5.96. The molecule has 1 aliphatic heterocycles. The molecule has 198 valence electrons. The third kappa shape index (κ3) is 5.12. The third-order valence-corrected chi connectivity index (χ3v) is 6.94. The van der Waals surface area contributed by atoms with E-state index in [-0.39, 0.29) is 5.69 Å². The van der Waals surface area contributed by atoms with Crippen LogP contribution in [-0.2, 0) is 19.4 Å². The van der Waals surface area contributed by atoms with E-state index in [9.17, 15) is 43.9 Å². The standard InChI is InChI=1S/C21H19F7N2O5S/c1-9-14(11-4-5-12(22)15(23)16(11)34-19(24)25)17(35-20(9,2)21(26,27)28)18(31)30-10-6-7-29-13(8-10)36(3,32)33/h4-9,14,17,19H,1-3H3,(H,29,30,31)/t9-,14-,17+,20+/m0/s1. The van der Waals surface area contributed by atoms with E-state index >= 15 is 0 Å². The Hall–Kier alpha value is -2.94. The van der Waals surface area contributed by atoms with Crippen LogP contribution in [0.4, 0.5) is 36.4 Å². The van der Waals surface area contributed by atoms with Crippen molar-refractivity contribution in [3.05, 3.63) is 47.7 Å². The van der Waals surface area contributed by atoms with E-state index in [1.54, 1.807) is 0 Å². The lowest BCUT2D eigenvalue weighted by Crippen LogP contribution is -2.47. The van der Waals surface area contributed by atoms with E-state index in [1.165, 1.54) is 0 Å². The Morgan fingerprint density at radius 3 is 2.42 bits per heavy atom. The first kappa shape index (κ1) is 27.6. The van der Waals surface area contributed by atoms with Crippen molar-refractivity contribution >= 4 is 21.4 Å². The molecule has 0 saturated carbocycles. The average molecular weight is 544 g/mol. The van der Waals surface area contributed by atoms with Crippen molar-refractivity contribution in [1.82, 2.24) is 4.98 Å². The van der Waals surface area contributed by atoms with Crippen molar-refractivity contribution < 1.29 is 53.4 Å². The molecule has 0 spiro atoms. The number of benzene rings is 1. The number of nitrogens with one attached hydrogen (secondary N) is 1. The lowest BCUT2D eigenvalue weighted by Gasteiger charge is -2.32. The Labute approximate surface area is 200 Å². The molecule has 36 heavy (non-hydrogen) atoms. The van der Waals surface area contributed by atoms with Gasteiger partial charge in [0.2, 0.25) is 5.82 Å². The molecular weight excluding hydrogens is 525 g/mol. The molecule has 4 atom stereocenters. The molecule has 1 aromatic heterocycles. The maximum Gasteiger partial charge on any atom is 0.417 e. The van der Waals surface area contributed by atoms with Crippen LogP contribution in [0.25, 0.3) is 0 Å². The van der Waals surface area contributed by atoms with Gasteiger partial charge in [0.25, 0.3) is 5.91 Å². The minimum absolute atomic E-state index is 0.180. The molecule has 1 saturated heterocycles. The van der Waals surface area contributed by atoms with E-state index in [1.807, 2.05) is 0 Å². The van der Waals surface area contributed by atoms with Gasteiger partial charge in [-0.1, -0.05) is 13.0 Å². The van der Waals surface area contributed by atoms with Crippen LogP contribution in [0.1, 0.15) is 25.3 Å². The van der Waals surface area contributed by atoms with Crippen molar-refractivity contribution in [2.45, 2.75) is 49.3 Å². The Balaban J connectivity index is 2.11. The van der Waals surface area contributed by atoms with Gasteiger partial charge in [0, 0.05) is 35.5 Å². The second-order valence-corrected chi connectivity index (χ2v) is 10.2. The second kappa shape index (κ2) is 9.50. The SMILES string of the molecule is C[C@H]1[C@@H](c2ccc(F)c(F)c2OC(F)F)[C@H](C(=O)Nc2ccnc(S(C)(=O)=O)c2)O[C@@]1(C)C(F)(F)F. The molecule has 1 aromatic carbocycles. The minimum Gasteiger partial charge on any atom is -0.431 e. The summed E-state index contributed by atoms with van der Waals surface area (Å²) in [6, 6.07) is 3.31. The number of carbonyl (C=O) groups excluding carboxylic acids is 1. The smallest absolute Gasteiger partial charge is 0.417 e. The number of anilines is 1. The maximum absolute atomic E-state index is 14.4. The van der Waals surface area contributed by atoms with Gasteiger partial charge in [-0.25, -0.2) is 17.8 Å². The zero-order chi connectivity index (χ0) is 27.2. The monoisotopic (exact) mass is 544 g/mol. The summed E-state index contributed by atoms with van der Waals surface area (Å²) in [6.45, 7) is -2.03. The number of hydrogen-bond donors (Lipinski definition) is 1. The Morgan fingerprint density at radius 2 is 1.86 bits per heavy atom. The average Bonchev–Trinajstić information content (AvgIpc) is 3.03. The lowest BCUT2D eigenvalue weighted by atomic mass is 9.77. The fraction of sp³-hybridized carbons (Fsp3) is 0.429. The summed E-state index contributed by atoms with van der Waals surface area (Å²) in [5, 5.41) is 1.75. The molecule has 1 aliphatic rings. The molecule has 2 aromatic rings. The molecule has 15 heteroatoms. The van der Waals surface area contributed by atoms with E-state index in [2.05, 4.69) is 15.0 Å². The maximum atomic E-state index is 14.4. The molecule has 1 N–H and O–H groups in total. The van der Waals surface area contributed by atoms with Gasteiger partial charge < -0.3 is 14.8 Å². The van der Waals surface area contributed by atoms with Crippen LogP contribution >= 0.6 is 0 Å². The number of nitrogens with zero attached hydrogens (tertiary/aromatic N) is 1. The number of pyridine rings is 1. The Kier molecular flexibility index (Phi) is 7.29. The number of sulfone groups is 1. The van der Waals surface area contributed by atoms with Crippen LogP contribution in [0.3, 0.4) is 0 Å². The summed E-state index contributed by atoms with van der Waals surface area (Å²) in [5.74, 6) is -9.51. The van der Waals surface area contributed by atoms with Crippen LogP contribution in [-0.4, -0.2) is 50.1 Å². The number of ether oxygens (including phenoxy) is 2. The molecule has 1 fully saturated rings. The molecular formula is C21H19F7N2O5S. The molecule has 1 amide bonds. The molecule has 3 rings (SSSR count). The van der Waals surface area contributed by atoms with Gasteiger partial charge in [-0.3, -0.25) is 4.79 Å². The zero-order valence-corrected chi connectivity index (χ0v) is 19.6. The summed E-state index contributed by atoms with van der Waals surface area (Å²) < 4.78 is 129. The fourth-order valence-corrected chi connectivity index (χ4v) is 4.54. The van der Waals surface area contributed by atoms with Gasteiger partial charge in [0.1, 0.15) is 6.10 Å². The first-order valence-corrected chi connectivity index (χ1v) is 12.0. The highest BCUT2D eigenvalue weighted by molar-refractivity contribution is 7.90. The van der Waals surface area contributed by atoms with Crippen LogP contribution in [0, 0.1) is 17.6 Å². The van der Waals surface area contributed by atoms with Crippen LogP contribution in [0.15, 0.2) is 35.5 Å². The van der Waals surface area contributed by atoms with Gasteiger partial charge in [0.05, 0.1) is 0 Å². The van der Waals surface area contributed by atoms with Crippen molar-refractivity contribution in [3.8, 4) is 5.75 Å². The first-order chi connectivity index (χ1) is 16.5. The lowest BCUT2D eigenvalue weighted by molar-refractivity contribution is -0.272. The largest absolute Gasteiger partial charge is 0.431 e. The molecule has 0 unspecified atom stereocenters. The molecule has 0 radical (unpaired) electrons. The van der Waals surface area contributed by atoms with Gasteiger partial charge in [-0.2, -0.15) is 26.3 Å². The van der Waals surface area contributed by atoms with Crippen molar-refractivity contribution in [3.63, 3.8) is 0 Å². The van der Waals surface area contributed by atoms with Gasteiger partial charge in [0.15, 0.2) is 32.0 Å². The molecule has 0 aliphatic carbocycles. The number of rotatable bonds is 6. The van der Waals surface area contributed by atoms with Gasteiger partial charge >= 0.3 is 12.8 Å². The Morgan fingerprint density at radius 1 is 1.22 bits per heavy atom. The highest BCUT2D eigenvalue weighted by Crippen LogP contribution is 2.55. The predicted octanol–water partition coefficient (Wildman–Crippen LogP) is 4.44. The Bertz CT molecular complexity index is 1270. The number of halogens is 7. The number of alkyl halides is 5. The summed E-state index contributed by atoms with van der Waals surface area (Å²) in [6.07, 6.45) is -5.28. The molecule has 0 bridgehead atoms. The van der Waals surface area contributed by atoms with E-state index in [0.717, 1.165) is 37.6 Å². The summed E-state index contributed by atoms with van der Waals surface area (Å²) in [4.78, 5) is 16.7. The zero-order valence-electron chi connectivity index (χ0n) is 18.7. The number of hydrogen-bond acceptors (Lipinski definition) is 6. The fourth-order valence-electron chi connectivity index (χ4n) is 3.94. The number of carbonyl (C=O) groups is 1. The van der Waals surface area contributed by atoms with E-state index in [0.29, 0.717) is 13.0 Å². The molecule has 7 nitrogen and oxygen atoms in total. The van der Waals surface area contributed by atoms with Crippen LogP contribution in [0.2, 0.25) is 0 Å². The highest BCUT2D eigenvalue weighted by atomic mass is 32.2. The quantitative estimate of drug-likeness (QED) is 0.541. The summed E-state index contributed by atoms with van der Waals surface area (Å²) in [7, 11) is -3.81. The normalized spacial score (nSPS) is 24.7. The highest BCUT2D eigenvalue weighted by Gasteiger charge is 2.66. The predicted molar refractivity (Wildman–Crippen MR) is 110 cm³/mol. The van der Waals surface area contributed by atoms with Crippen molar-refractivity contribution in [1.29, 1.82) is 0 Å². The van der Waals surface area contributed by atoms with Gasteiger partial charge in [-0.15, -0.1) is 0 Å². The second-order valence-electron chi connectivity index (χ2n) is 8.26. The van der Waals surface area contributed by atoms with E-state index in [4.69, 9.17) is 4.74 Å². The number of amides is 1. The summed E-state index contributed by atoms with van der Waals surface area (Å²) >= 11 is 0. The topological polar surface area (TPSA) is 94.6 Å². The van der Waals surface area contributed by atoms with Gasteiger partial charge in [-0.05, 0) is 25.1 Å². The van der Waals surface area contributed by atoms with E-state index < -0.39 is 80.0 Å². The van der Waals surface area contributed by atoms with Crippen LogP contribution < -0.4 is 10.1 Å². The minimum atomic E-state index is -5.07. The number of aromatic nitrogens is 1. The molecule has 2 heterocycles. The summed E-state index contributed by atoms with van der Waals surface area (Å²) in [5.41, 5.74) is -3.84. The van der Waals surface area contributed by atoms with Crippen molar-refractivity contribution in [2.24, 2.45) is 5.92 Å². The first-order valence-electron chi connectivity index (χ1n) is 10.1. The van der Waals surface area contributed by atoms with Crippen LogP contribution in [0.5, 0.6) is 5.75 Å². The van der Waals surface area contributed by atoms with Crippen molar-refractivity contribution in [2.75, 3.05) is 11.6 Å².